The molecule has 1 amide bonds. The number of hydrogen-bond acceptors (Lipinski definition) is 4. The first-order valence-corrected chi connectivity index (χ1v) is 4.49. The van der Waals surface area contributed by atoms with Gasteiger partial charge in [0.25, 0.3) is 0 Å². The van der Waals surface area contributed by atoms with Gasteiger partial charge in [0.2, 0.25) is 5.91 Å². The molecule has 0 spiro atoms. The van der Waals surface area contributed by atoms with Crippen molar-refractivity contribution in [2.45, 2.75) is 32.4 Å². The van der Waals surface area contributed by atoms with E-state index in [4.69, 9.17) is 5.73 Å². The standard InChI is InChI=1S/C8H15N5O/c1-5(9)3-7(14)12-6(2)8-10-4-11-13-8/h4-6H,3,9H2,1-2H3,(H,12,14)(H,10,11,13). The second-order valence-electron chi connectivity index (χ2n) is 3.34. The minimum absolute atomic E-state index is 0.0797. The maximum absolute atomic E-state index is 11.3. The molecule has 1 aromatic rings. The van der Waals surface area contributed by atoms with E-state index in [1.165, 1.54) is 6.33 Å². The summed E-state index contributed by atoms with van der Waals surface area (Å²) in [6, 6.07) is -0.291. The SMILES string of the molecule is CC(N)CC(=O)NC(C)c1ncn[nH]1. The number of nitrogens with two attached hydrogens (primary N) is 1. The van der Waals surface area contributed by atoms with E-state index in [1.807, 2.05) is 6.92 Å². The highest BCUT2D eigenvalue weighted by Gasteiger charge is 2.12. The van der Waals surface area contributed by atoms with Gasteiger partial charge in [0.1, 0.15) is 12.2 Å². The Morgan fingerprint density at radius 2 is 2.43 bits per heavy atom. The molecule has 6 nitrogen and oxygen atoms in total. The first-order chi connectivity index (χ1) is 6.59. The van der Waals surface area contributed by atoms with E-state index in [9.17, 15) is 4.79 Å². The van der Waals surface area contributed by atoms with Crippen LogP contribution in [0, 0.1) is 0 Å². The van der Waals surface area contributed by atoms with Crippen LogP contribution in [0.15, 0.2) is 6.33 Å². The number of nitrogens with one attached hydrogen (secondary N) is 2. The Labute approximate surface area is 82.3 Å². The average molecular weight is 197 g/mol. The van der Waals surface area contributed by atoms with Crippen LogP contribution in [0.4, 0.5) is 0 Å². The molecular formula is C8H15N5O. The molecule has 0 radical (unpaired) electrons. The van der Waals surface area contributed by atoms with E-state index < -0.39 is 0 Å². The highest BCUT2D eigenvalue weighted by molar-refractivity contribution is 5.76. The van der Waals surface area contributed by atoms with Gasteiger partial charge in [0.05, 0.1) is 6.04 Å². The molecule has 1 heterocycles. The van der Waals surface area contributed by atoms with Gasteiger partial charge in [0, 0.05) is 12.5 Å². The fourth-order valence-electron chi connectivity index (χ4n) is 1.08. The molecule has 1 aromatic heterocycles. The predicted molar refractivity (Wildman–Crippen MR) is 51.2 cm³/mol. The second kappa shape index (κ2) is 4.71. The molecule has 0 aromatic carbocycles. The molecule has 1 rings (SSSR count). The Morgan fingerprint density at radius 3 is 2.93 bits per heavy atom. The highest BCUT2D eigenvalue weighted by atomic mass is 16.1. The summed E-state index contributed by atoms with van der Waals surface area (Å²) in [5.74, 6) is 0.562. The van der Waals surface area contributed by atoms with Crippen molar-refractivity contribution >= 4 is 5.91 Å². The summed E-state index contributed by atoms with van der Waals surface area (Å²) in [7, 11) is 0. The molecule has 78 valence electrons. The zero-order valence-electron chi connectivity index (χ0n) is 8.32. The van der Waals surface area contributed by atoms with E-state index in [0.717, 1.165) is 0 Å². The maximum atomic E-state index is 11.3. The van der Waals surface area contributed by atoms with Crippen molar-refractivity contribution in [3.8, 4) is 0 Å². The van der Waals surface area contributed by atoms with Crippen molar-refractivity contribution < 1.29 is 4.79 Å². The van der Waals surface area contributed by atoms with E-state index in [-0.39, 0.29) is 18.0 Å². The van der Waals surface area contributed by atoms with Crippen molar-refractivity contribution in [1.82, 2.24) is 20.5 Å². The third-order valence-electron chi connectivity index (χ3n) is 1.73. The number of carbonyl (C=O) groups is 1. The van der Waals surface area contributed by atoms with Gasteiger partial charge in [-0.2, -0.15) is 5.10 Å². The van der Waals surface area contributed by atoms with Gasteiger partial charge < -0.3 is 11.1 Å². The number of nitrogens with zero attached hydrogens (tertiary/aromatic N) is 2. The van der Waals surface area contributed by atoms with E-state index in [1.54, 1.807) is 6.92 Å². The van der Waals surface area contributed by atoms with E-state index in [2.05, 4.69) is 20.5 Å². The largest absolute Gasteiger partial charge is 0.346 e. The molecule has 0 aliphatic heterocycles. The molecule has 0 fully saturated rings. The minimum atomic E-state index is -0.163. The number of H-pyrrole nitrogens is 1. The average Bonchev–Trinajstić information content (AvgIpc) is 2.53. The van der Waals surface area contributed by atoms with Crippen molar-refractivity contribution in [2.75, 3.05) is 0 Å². The lowest BCUT2D eigenvalue weighted by atomic mass is 10.2. The topological polar surface area (TPSA) is 96.7 Å². The van der Waals surface area contributed by atoms with Crippen LogP contribution in [0.1, 0.15) is 32.1 Å². The Morgan fingerprint density at radius 1 is 1.71 bits per heavy atom. The Bertz CT molecular complexity index is 282. The minimum Gasteiger partial charge on any atom is -0.346 e. The van der Waals surface area contributed by atoms with Crippen molar-refractivity contribution in [2.24, 2.45) is 5.73 Å². The van der Waals surface area contributed by atoms with E-state index >= 15 is 0 Å². The van der Waals surface area contributed by atoms with Crippen LogP contribution in [0.25, 0.3) is 0 Å². The zero-order chi connectivity index (χ0) is 10.6. The lowest BCUT2D eigenvalue weighted by Gasteiger charge is -2.11. The lowest BCUT2D eigenvalue weighted by molar-refractivity contribution is -0.122. The lowest BCUT2D eigenvalue weighted by Crippen LogP contribution is -2.32. The summed E-state index contributed by atoms with van der Waals surface area (Å²) in [4.78, 5) is 15.2. The summed E-state index contributed by atoms with van der Waals surface area (Å²) in [6.07, 6.45) is 1.72. The van der Waals surface area contributed by atoms with Gasteiger partial charge in [-0.1, -0.05) is 0 Å². The smallest absolute Gasteiger partial charge is 0.222 e. The first-order valence-electron chi connectivity index (χ1n) is 4.49. The van der Waals surface area contributed by atoms with Crippen LogP contribution < -0.4 is 11.1 Å². The van der Waals surface area contributed by atoms with Crippen LogP contribution in [0.2, 0.25) is 0 Å². The van der Waals surface area contributed by atoms with Gasteiger partial charge in [0.15, 0.2) is 0 Å². The van der Waals surface area contributed by atoms with Crippen LogP contribution >= 0.6 is 0 Å². The first kappa shape index (κ1) is 10.6. The number of carbonyl (C=O) groups excluding carboxylic acids is 1. The number of aromatic nitrogens is 3. The molecular weight excluding hydrogens is 182 g/mol. The molecule has 0 saturated carbocycles. The van der Waals surface area contributed by atoms with Gasteiger partial charge >= 0.3 is 0 Å². The summed E-state index contributed by atoms with van der Waals surface area (Å²) in [5, 5.41) is 9.15. The summed E-state index contributed by atoms with van der Waals surface area (Å²) in [6.45, 7) is 3.62. The third kappa shape index (κ3) is 3.14. The Kier molecular flexibility index (Phi) is 3.58. The van der Waals surface area contributed by atoms with E-state index in [0.29, 0.717) is 12.2 Å². The van der Waals surface area contributed by atoms with Gasteiger partial charge in [-0.3, -0.25) is 9.89 Å². The number of hydrogen-bond donors (Lipinski definition) is 3. The monoisotopic (exact) mass is 197 g/mol. The summed E-state index contributed by atoms with van der Waals surface area (Å²) >= 11 is 0. The molecule has 0 bridgehead atoms. The van der Waals surface area contributed by atoms with Crippen LogP contribution in [-0.2, 0) is 4.79 Å². The zero-order valence-corrected chi connectivity index (χ0v) is 8.32. The van der Waals surface area contributed by atoms with Crippen molar-refractivity contribution in [3.05, 3.63) is 12.2 Å². The van der Waals surface area contributed by atoms with Crippen molar-refractivity contribution in [3.63, 3.8) is 0 Å². The van der Waals surface area contributed by atoms with Crippen molar-refractivity contribution in [1.29, 1.82) is 0 Å². The molecule has 0 saturated heterocycles. The molecule has 14 heavy (non-hydrogen) atoms. The quantitative estimate of drug-likeness (QED) is 0.618. The maximum Gasteiger partial charge on any atom is 0.222 e. The van der Waals surface area contributed by atoms with Crippen LogP contribution in [0.5, 0.6) is 0 Å². The Hall–Kier alpha value is -1.43. The second-order valence-corrected chi connectivity index (χ2v) is 3.34. The van der Waals surface area contributed by atoms with Crippen LogP contribution in [0.3, 0.4) is 0 Å². The summed E-state index contributed by atoms with van der Waals surface area (Å²) in [5.41, 5.74) is 5.49. The van der Waals surface area contributed by atoms with Gasteiger partial charge in [-0.25, -0.2) is 4.98 Å². The molecule has 0 aliphatic rings. The third-order valence-corrected chi connectivity index (χ3v) is 1.73. The molecule has 6 heteroatoms. The fraction of sp³-hybridized carbons (Fsp3) is 0.625. The summed E-state index contributed by atoms with van der Waals surface area (Å²) < 4.78 is 0. The number of rotatable bonds is 4. The normalized spacial score (nSPS) is 14.8. The highest BCUT2D eigenvalue weighted by Crippen LogP contribution is 2.04. The van der Waals surface area contributed by atoms with Crippen LogP contribution in [-0.4, -0.2) is 27.1 Å². The molecule has 0 aliphatic carbocycles. The molecule has 2 unspecified atom stereocenters. The predicted octanol–water partition coefficient (Wildman–Crippen LogP) is -0.281. The number of amides is 1. The fourth-order valence-corrected chi connectivity index (χ4v) is 1.08. The number of aromatic amines is 1. The molecule has 4 N–H and O–H groups in total. The Balaban J connectivity index is 2.41. The van der Waals surface area contributed by atoms with Gasteiger partial charge in [-0.15, -0.1) is 0 Å². The molecule has 2 atom stereocenters. The van der Waals surface area contributed by atoms with Gasteiger partial charge in [-0.05, 0) is 13.8 Å².